The molecule has 0 fully saturated rings. The summed E-state index contributed by atoms with van der Waals surface area (Å²) in [4.78, 5) is 0. The van der Waals surface area contributed by atoms with Crippen LogP contribution in [0.1, 0.15) is 12.5 Å². The molecule has 0 unspecified atom stereocenters. The summed E-state index contributed by atoms with van der Waals surface area (Å²) in [6.07, 6.45) is 0.945. The van der Waals surface area contributed by atoms with Gasteiger partial charge in [0.05, 0.1) is 0 Å². The maximum atomic E-state index is 13.2. The molecule has 0 saturated heterocycles. The third-order valence-electron chi connectivity index (χ3n) is 5.13. The molecule has 0 bridgehead atoms. The Bertz CT molecular complexity index is 1170. The van der Waals surface area contributed by atoms with Crippen molar-refractivity contribution in [2.75, 3.05) is 13.3 Å². The van der Waals surface area contributed by atoms with Gasteiger partial charge in [0.25, 0.3) is 0 Å². The third kappa shape index (κ3) is 2.77. The molecule has 26 heavy (non-hydrogen) atoms. The molecule has 2 heteroatoms. The van der Waals surface area contributed by atoms with E-state index in [0.29, 0.717) is 0 Å². The Morgan fingerprint density at radius 3 is 1.81 bits per heavy atom. The van der Waals surface area contributed by atoms with Crippen molar-refractivity contribution in [3.8, 4) is 11.1 Å². The Kier molecular flexibility index (Phi) is 4.21. The average molecular weight is 358 g/mol. The summed E-state index contributed by atoms with van der Waals surface area (Å²) < 4.78 is 13.2. The first kappa shape index (κ1) is 17.1. The van der Waals surface area contributed by atoms with Crippen LogP contribution in [-0.4, -0.2) is 13.3 Å². The maximum absolute atomic E-state index is 13.2. The fourth-order valence-corrected chi connectivity index (χ4v) is 5.08. The molecule has 0 atom stereocenters. The van der Waals surface area contributed by atoms with Crippen LogP contribution >= 0.6 is 7.14 Å². The van der Waals surface area contributed by atoms with E-state index in [1.165, 1.54) is 32.7 Å². The lowest BCUT2D eigenvalue weighted by molar-refractivity contribution is 0.588. The van der Waals surface area contributed by atoms with Gasteiger partial charge in [-0.15, -0.1) is 0 Å². The van der Waals surface area contributed by atoms with Gasteiger partial charge >= 0.3 is 0 Å². The van der Waals surface area contributed by atoms with Crippen LogP contribution in [0.4, 0.5) is 0 Å². The van der Waals surface area contributed by atoms with E-state index in [1.807, 2.05) is 13.3 Å². The molecular weight excluding hydrogens is 335 g/mol. The predicted molar refractivity (Wildman–Crippen MR) is 115 cm³/mol. The highest BCUT2D eigenvalue weighted by Crippen LogP contribution is 2.44. The number of hydrogen-bond donors (Lipinski definition) is 0. The molecule has 0 spiro atoms. The molecule has 0 N–H and O–H groups in total. The molecule has 0 aliphatic carbocycles. The van der Waals surface area contributed by atoms with Crippen LogP contribution in [0.3, 0.4) is 0 Å². The Morgan fingerprint density at radius 1 is 0.692 bits per heavy atom. The second-order valence-corrected chi connectivity index (χ2v) is 10.4. The standard InChI is InChI=1S/C24H23OP/c1-4-17-13-14-18-9-5-7-11-20(18)23(17)24-21-12-8-6-10-19(21)15-16-22(24)26(2,3)25/h5-16H,4H2,1-3H3. The molecular formula is C24H23OP. The van der Waals surface area contributed by atoms with Crippen LogP contribution < -0.4 is 5.30 Å². The van der Waals surface area contributed by atoms with Crippen molar-refractivity contribution in [2.45, 2.75) is 13.3 Å². The van der Waals surface area contributed by atoms with Crippen LogP contribution in [0.2, 0.25) is 0 Å². The largest absolute Gasteiger partial charge is 0.319 e. The van der Waals surface area contributed by atoms with E-state index in [9.17, 15) is 4.57 Å². The summed E-state index contributed by atoms with van der Waals surface area (Å²) in [6, 6.07) is 25.5. The van der Waals surface area contributed by atoms with Gasteiger partial charge in [-0.2, -0.15) is 0 Å². The first-order chi connectivity index (χ1) is 12.5. The maximum Gasteiger partial charge on any atom is 0.110 e. The highest BCUT2D eigenvalue weighted by molar-refractivity contribution is 7.70. The number of rotatable bonds is 3. The van der Waals surface area contributed by atoms with E-state index in [-0.39, 0.29) is 0 Å². The van der Waals surface area contributed by atoms with Gasteiger partial charge < -0.3 is 4.57 Å². The Morgan fingerprint density at radius 2 is 1.23 bits per heavy atom. The molecule has 0 aliphatic rings. The van der Waals surface area contributed by atoms with Crippen molar-refractivity contribution in [3.63, 3.8) is 0 Å². The van der Waals surface area contributed by atoms with Crippen molar-refractivity contribution in [2.24, 2.45) is 0 Å². The van der Waals surface area contributed by atoms with Gasteiger partial charge in [-0.05, 0) is 52.4 Å². The minimum absolute atomic E-state index is 0.945. The molecule has 4 aromatic carbocycles. The first-order valence-corrected chi connectivity index (χ1v) is 11.7. The molecule has 130 valence electrons. The molecule has 0 aliphatic heterocycles. The molecule has 0 heterocycles. The van der Waals surface area contributed by atoms with Crippen LogP contribution in [0.5, 0.6) is 0 Å². The van der Waals surface area contributed by atoms with E-state index < -0.39 is 7.14 Å². The molecule has 1 nitrogen and oxygen atoms in total. The normalized spacial score (nSPS) is 12.0. The van der Waals surface area contributed by atoms with Gasteiger partial charge in [0.2, 0.25) is 0 Å². The second-order valence-electron chi connectivity index (χ2n) is 7.21. The van der Waals surface area contributed by atoms with Gasteiger partial charge in [0.1, 0.15) is 7.14 Å². The number of fused-ring (bicyclic) bond motifs is 2. The first-order valence-electron chi connectivity index (χ1n) is 9.09. The van der Waals surface area contributed by atoms with Crippen molar-refractivity contribution < 1.29 is 4.57 Å². The minimum Gasteiger partial charge on any atom is -0.319 e. The van der Waals surface area contributed by atoms with Gasteiger partial charge in [-0.1, -0.05) is 79.7 Å². The molecule has 4 aromatic rings. The Balaban J connectivity index is 2.26. The van der Waals surface area contributed by atoms with Gasteiger partial charge in [0.15, 0.2) is 0 Å². The fourth-order valence-electron chi connectivity index (χ4n) is 3.88. The Labute approximate surface area is 155 Å². The average Bonchev–Trinajstić information content (AvgIpc) is 2.65. The molecule has 0 radical (unpaired) electrons. The summed E-state index contributed by atoms with van der Waals surface area (Å²) in [5.41, 5.74) is 3.68. The van der Waals surface area contributed by atoms with Crippen molar-refractivity contribution >= 4 is 34.0 Å². The summed E-state index contributed by atoms with van der Waals surface area (Å²) >= 11 is 0. The van der Waals surface area contributed by atoms with Crippen molar-refractivity contribution in [3.05, 3.63) is 78.4 Å². The van der Waals surface area contributed by atoms with Gasteiger partial charge in [0, 0.05) is 10.9 Å². The third-order valence-corrected chi connectivity index (χ3v) is 6.67. The van der Waals surface area contributed by atoms with Gasteiger partial charge in [-0.25, -0.2) is 0 Å². The summed E-state index contributed by atoms with van der Waals surface area (Å²) in [5.74, 6) is 0. The smallest absolute Gasteiger partial charge is 0.110 e. The number of hydrogen-bond acceptors (Lipinski definition) is 1. The SMILES string of the molecule is CCc1ccc2ccccc2c1-c1c(P(C)(C)=O)ccc2ccccc12. The van der Waals surface area contributed by atoms with E-state index in [4.69, 9.17) is 0 Å². The highest BCUT2D eigenvalue weighted by atomic mass is 31.2. The predicted octanol–water partition coefficient (Wildman–Crippen LogP) is 6.47. The zero-order chi connectivity index (χ0) is 18.3. The van der Waals surface area contributed by atoms with Crippen molar-refractivity contribution in [1.82, 2.24) is 0 Å². The zero-order valence-corrected chi connectivity index (χ0v) is 16.4. The van der Waals surface area contributed by atoms with Crippen LogP contribution in [-0.2, 0) is 11.0 Å². The lowest BCUT2D eigenvalue weighted by Gasteiger charge is -2.20. The summed E-state index contributed by atoms with van der Waals surface area (Å²) in [7, 11) is -2.43. The zero-order valence-electron chi connectivity index (χ0n) is 15.5. The molecule has 0 saturated carbocycles. The van der Waals surface area contributed by atoms with Crippen LogP contribution in [0.25, 0.3) is 32.7 Å². The van der Waals surface area contributed by atoms with E-state index >= 15 is 0 Å². The van der Waals surface area contributed by atoms with E-state index in [2.05, 4.69) is 79.7 Å². The van der Waals surface area contributed by atoms with Crippen LogP contribution in [0, 0.1) is 0 Å². The van der Waals surface area contributed by atoms with Crippen molar-refractivity contribution in [1.29, 1.82) is 0 Å². The Hall–Kier alpha value is -2.37. The topological polar surface area (TPSA) is 17.1 Å². The molecule has 0 amide bonds. The lowest BCUT2D eigenvalue weighted by Crippen LogP contribution is -2.09. The van der Waals surface area contributed by atoms with E-state index in [1.54, 1.807) is 0 Å². The number of benzene rings is 4. The number of aryl methyl sites for hydroxylation is 1. The highest BCUT2D eigenvalue weighted by Gasteiger charge is 2.22. The quantitative estimate of drug-likeness (QED) is 0.384. The summed E-state index contributed by atoms with van der Waals surface area (Å²) in [5, 5.41) is 5.80. The van der Waals surface area contributed by atoms with Gasteiger partial charge in [-0.3, -0.25) is 0 Å². The monoisotopic (exact) mass is 358 g/mol. The molecule has 0 aromatic heterocycles. The fraction of sp³-hybridized carbons (Fsp3) is 0.167. The minimum atomic E-state index is -2.43. The van der Waals surface area contributed by atoms with Crippen LogP contribution in [0.15, 0.2) is 72.8 Å². The molecule has 4 rings (SSSR count). The lowest BCUT2D eigenvalue weighted by atomic mass is 9.89. The second kappa shape index (κ2) is 6.41. The summed E-state index contributed by atoms with van der Waals surface area (Å²) in [6.45, 7) is 5.94. The van der Waals surface area contributed by atoms with E-state index in [0.717, 1.165) is 17.3 Å².